The number of ether oxygens (including phenoxy) is 1. The van der Waals surface area contributed by atoms with Crippen molar-refractivity contribution in [1.82, 2.24) is 19.5 Å². The highest BCUT2D eigenvalue weighted by molar-refractivity contribution is 5.67. The zero-order valence-corrected chi connectivity index (χ0v) is 11.5. The molecule has 0 aromatic carbocycles. The van der Waals surface area contributed by atoms with Crippen molar-refractivity contribution in [2.24, 2.45) is 0 Å². The molecule has 1 aliphatic rings. The van der Waals surface area contributed by atoms with E-state index in [1.165, 1.54) is 13.1 Å². The van der Waals surface area contributed by atoms with Gasteiger partial charge in [-0.25, -0.2) is 9.78 Å². The summed E-state index contributed by atoms with van der Waals surface area (Å²) in [5, 5.41) is 28.8. The van der Waals surface area contributed by atoms with Crippen LogP contribution in [-0.2, 0) is 4.74 Å². The Bertz CT molecular complexity index is 830. The second-order valence-corrected chi connectivity index (χ2v) is 5.04. The molecule has 0 radical (unpaired) electrons. The molecule has 22 heavy (non-hydrogen) atoms. The average molecular weight is 310 g/mol. The minimum absolute atomic E-state index is 0.0172. The number of aromatic amines is 1. The first-order valence-electron chi connectivity index (χ1n) is 6.54. The summed E-state index contributed by atoms with van der Waals surface area (Å²) in [4.78, 5) is 33.6. The minimum atomic E-state index is -1.40. The molecule has 10 heteroatoms. The molecule has 118 valence electrons. The van der Waals surface area contributed by atoms with Crippen molar-refractivity contribution in [1.29, 1.82) is 0 Å². The summed E-state index contributed by atoms with van der Waals surface area (Å²) in [6, 6.07) is 0. The van der Waals surface area contributed by atoms with E-state index in [-0.39, 0.29) is 16.9 Å². The highest BCUT2D eigenvalue weighted by Crippen LogP contribution is 2.28. The van der Waals surface area contributed by atoms with Crippen molar-refractivity contribution in [3.05, 3.63) is 32.7 Å². The second-order valence-electron chi connectivity index (χ2n) is 5.04. The lowest BCUT2D eigenvalue weighted by Gasteiger charge is -2.17. The second kappa shape index (κ2) is 5.25. The zero-order valence-electron chi connectivity index (χ0n) is 11.5. The third kappa shape index (κ3) is 2.22. The maximum absolute atomic E-state index is 12.0. The Balaban J connectivity index is 2.12. The lowest BCUT2D eigenvalue weighted by atomic mass is 10.1. The molecule has 3 heterocycles. The van der Waals surface area contributed by atoms with E-state index in [0.717, 1.165) is 4.57 Å². The van der Waals surface area contributed by atoms with E-state index < -0.39 is 42.4 Å². The number of hydrogen-bond donors (Lipinski definition) is 4. The van der Waals surface area contributed by atoms with Crippen LogP contribution < -0.4 is 11.2 Å². The number of aromatic nitrogens is 4. The summed E-state index contributed by atoms with van der Waals surface area (Å²) < 4.78 is 6.25. The van der Waals surface area contributed by atoms with Crippen LogP contribution in [0.25, 0.3) is 11.2 Å². The van der Waals surface area contributed by atoms with Gasteiger partial charge in [0.25, 0.3) is 5.56 Å². The van der Waals surface area contributed by atoms with Gasteiger partial charge in [0.15, 0.2) is 11.9 Å². The lowest BCUT2D eigenvalue weighted by Crippen LogP contribution is -2.36. The highest BCUT2D eigenvalue weighted by atomic mass is 16.6. The van der Waals surface area contributed by atoms with Crippen molar-refractivity contribution in [2.75, 3.05) is 6.61 Å². The van der Waals surface area contributed by atoms with Gasteiger partial charge in [0, 0.05) is 6.20 Å². The smallest absolute Gasteiger partial charge is 0.351 e. The van der Waals surface area contributed by atoms with Gasteiger partial charge in [-0.2, -0.15) is 4.98 Å². The summed E-state index contributed by atoms with van der Waals surface area (Å²) in [5.74, 6) is 0. The van der Waals surface area contributed by atoms with Crippen LogP contribution >= 0.6 is 0 Å². The molecule has 1 fully saturated rings. The molecule has 4 unspecified atom stereocenters. The number of aryl methyl sites for hydroxylation is 1. The molecule has 0 saturated carbocycles. The third-order valence-corrected chi connectivity index (χ3v) is 3.57. The average Bonchev–Trinajstić information content (AvgIpc) is 2.76. The first-order chi connectivity index (χ1) is 10.4. The van der Waals surface area contributed by atoms with Gasteiger partial charge >= 0.3 is 5.69 Å². The highest BCUT2D eigenvalue weighted by Gasteiger charge is 2.43. The molecule has 4 N–H and O–H groups in total. The van der Waals surface area contributed by atoms with Crippen molar-refractivity contribution >= 4 is 11.2 Å². The molecule has 0 aliphatic carbocycles. The molecule has 0 spiro atoms. The van der Waals surface area contributed by atoms with Crippen LogP contribution in [0.5, 0.6) is 0 Å². The zero-order chi connectivity index (χ0) is 16.0. The van der Waals surface area contributed by atoms with Gasteiger partial charge in [0.2, 0.25) is 0 Å². The number of nitrogens with one attached hydrogen (secondary N) is 1. The number of hydrogen-bond acceptors (Lipinski definition) is 8. The van der Waals surface area contributed by atoms with Crippen LogP contribution in [0, 0.1) is 6.92 Å². The van der Waals surface area contributed by atoms with Gasteiger partial charge in [-0.15, -0.1) is 0 Å². The summed E-state index contributed by atoms with van der Waals surface area (Å²) in [5.41, 5.74) is -0.799. The number of H-pyrrole nitrogens is 1. The Kier molecular flexibility index (Phi) is 3.53. The fourth-order valence-electron chi connectivity index (χ4n) is 2.35. The number of rotatable bonds is 2. The molecule has 1 aliphatic heterocycles. The molecular formula is C12H14N4O6. The monoisotopic (exact) mass is 310 g/mol. The maximum Gasteiger partial charge on any atom is 0.351 e. The summed E-state index contributed by atoms with van der Waals surface area (Å²) in [6.45, 7) is 0.995. The van der Waals surface area contributed by atoms with Crippen molar-refractivity contribution in [3.63, 3.8) is 0 Å². The molecule has 2 aromatic rings. The molecule has 2 aromatic heterocycles. The lowest BCUT2D eigenvalue weighted by molar-refractivity contribution is -0.0547. The van der Waals surface area contributed by atoms with E-state index in [9.17, 15) is 19.8 Å². The standard InChI is InChI=1S/C12H14N4O6/c1-4-10(20)14-9-5(13-4)2-16(12(21)15-9)11-8(19)7(18)6(3-17)22-11/h2,6-8,11,17-19H,3H2,1H3,(H,14,15,20,21). The Hall–Kier alpha value is -2.14. The third-order valence-electron chi connectivity index (χ3n) is 3.57. The minimum Gasteiger partial charge on any atom is -0.394 e. The van der Waals surface area contributed by atoms with E-state index in [4.69, 9.17) is 9.84 Å². The van der Waals surface area contributed by atoms with Crippen LogP contribution in [0.4, 0.5) is 0 Å². The summed E-state index contributed by atoms with van der Waals surface area (Å²) in [7, 11) is 0. The quantitative estimate of drug-likeness (QED) is 0.471. The molecular weight excluding hydrogens is 296 g/mol. The Labute approximate surface area is 122 Å². The Morgan fingerprint density at radius 1 is 1.32 bits per heavy atom. The number of fused-ring (bicyclic) bond motifs is 1. The van der Waals surface area contributed by atoms with Gasteiger partial charge < -0.3 is 25.0 Å². The molecule has 0 bridgehead atoms. The van der Waals surface area contributed by atoms with E-state index in [0.29, 0.717) is 0 Å². The van der Waals surface area contributed by atoms with Crippen LogP contribution in [-0.4, -0.2) is 59.8 Å². The van der Waals surface area contributed by atoms with Crippen LogP contribution in [0.2, 0.25) is 0 Å². The summed E-state index contributed by atoms with van der Waals surface area (Å²) in [6.07, 6.45) is -3.67. The first kappa shape index (κ1) is 14.8. The Morgan fingerprint density at radius 3 is 2.68 bits per heavy atom. The van der Waals surface area contributed by atoms with Gasteiger partial charge in [-0.05, 0) is 6.92 Å². The molecule has 10 nitrogen and oxygen atoms in total. The fourth-order valence-corrected chi connectivity index (χ4v) is 2.35. The predicted molar refractivity (Wildman–Crippen MR) is 72.2 cm³/mol. The SMILES string of the molecule is Cc1nc2cn(C3OC(CO)C(O)C3O)c(=O)nc2[nH]c1=O. The van der Waals surface area contributed by atoms with Crippen molar-refractivity contribution in [2.45, 2.75) is 31.5 Å². The topological polar surface area (TPSA) is 151 Å². The first-order valence-corrected chi connectivity index (χ1v) is 6.54. The van der Waals surface area contributed by atoms with Gasteiger partial charge in [-0.1, -0.05) is 0 Å². The van der Waals surface area contributed by atoms with Crippen molar-refractivity contribution < 1.29 is 20.1 Å². The van der Waals surface area contributed by atoms with Gasteiger partial charge in [0.05, 0.1) is 6.61 Å². The van der Waals surface area contributed by atoms with Crippen LogP contribution in [0.15, 0.2) is 15.8 Å². The number of aliphatic hydroxyl groups is 3. The number of nitrogens with zero attached hydrogens (tertiary/aromatic N) is 3. The van der Waals surface area contributed by atoms with E-state index in [1.807, 2.05) is 0 Å². The Morgan fingerprint density at radius 2 is 2.05 bits per heavy atom. The molecule has 3 rings (SSSR count). The van der Waals surface area contributed by atoms with Gasteiger partial charge in [-0.3, -0.25) is 9.36 Å². The van der Waals surface area contributed by atoms with Crippen LogP contribution in [0.1, 0.15) is 11.9 Å². The maximum atomic E-state index is 12.0. The summed E-state index contributed by atoms with van der Waals surface area (Å²) >= 11 is 0. The molecule has 4 atom stereocenters. The van der Waals surface area contributed by atoms with Gasteiger partial charge in [0.1, 0.15) is 29.5 Å². The number of aliphatic hydroxyl groups excluding tert-OH is 3. The van der Waals surface area contributed by atoms with E-state index in [2.05, 4.69) is 15.0 Å². The molecule has 1 saturated heterocycles. The predicted octanol–water partition coefficient (Wildman–Crippen LogP) is -2.60. The van der Waals surface area contributed by atoms with E-state index in [1.54, 1.807) is 0 Å². The van der Waals surface area contributed by atoms with Crippen LogP contribution in [0.3, 0.4) is 0 Å². The largest absolute Gasteiger partial charge is 0.394 e. The normalized spacial score (nSPS) is 28.4. The molecule has 0 amide bonds. The van der Waals surface area contributed by atoms with Crippen molar-refractivity contribution in [3.8, 4) is 0 Å². The van der Waals surface area contributed by atoms with E-state index >= 15 is 0 Å². The fraction of sp³-hybridized carbons (Fsp3) is 0.500.